The summed E-state index contributed by atoms with van der Waals surface area (Å²) in [6.45, 7) is 0. The lowest BCUT2D eigenvalue weighted by Crippen LogP contribution is -2.33. The van der Waals surface area contributed by atoms with Gasteiger partial charge in [0.2, 0.25) is 0 Å². The molecule has 1 saturated carbocycles. The first-order valence-corrected chi connectivity index (χ1v) is 5.00. The molecule has 0 amide bonds. The smallest absolute Gasteiger partial charge is 0.321 e. The molecule has 0 spiro atoms. The van der Waals surface area contributed by atoms with Crippen molar-refractivity contribution in [3.63, 3.8) is 0 Å². The molecule has 0 N–H and O–H groups in total. The van der Waals surface area contributed by atoms with Gasteiger partial charge in [-0.15, -0.1) is 0 Å². The van der Waals surface area contributed by atoms with Gasteiger partial charge in [-0.3, -0.25) is 9.59 Å². The maximum absolute atomic E-state index is 11.3. The normalized spacial score (nSPS) is 26.7. The number of hydrogen-bond donors (Lipinski definition) is 1. The number of rotatable bonds is 2. The quantitative estimate of drug-likeness (QED) is 0.432. The van der Waals surface area contributed by atoms with E-state index in [0.717, 1.165) is 12.8 Å². The number of esters is 1. The van der Waals surface area contributed by atoms with Crippen molar-refractivity contribution < 1.29 is 18.5 Å². The third-order valence-electron chi connectivity index (χ3n) is 2.66. The predicted molar refractivity (Wildman–Crippen MR) is 52.5 cm³/mol. The van der Waals surface area contributed by atoms with Gasteiger partial charge in [-0.25, -0.2) is 0 Å². The molecule has 0 radical (unpaired) electrons. The van der Waals surface area contributed by atoms with E-state index in [4.69, 9.17) is 0 Å². The second kappa shape index (κ2) is 5.24. The zero-order chi connectivity index (χ0) is 10.6. The molecular weight excluding hydrogens is 204 g/mol. The van der Waals surface area contributed by atoms with Gasteiger partial charge in [0.25, 0.3) is 0 Å². The van der Waals surface area contributed by atoms with E-state index < -0.39 is 5.97 Å². The first kappa shape index (κ1) is 11.4. The van der Waals surface area contributed by atoms with Gasteiger partial charge in [0.05, 0.1) is 18.9 Å². The Hall–Kier alpha value is -0.710. The largest absolute Gasteiger partial charge is 0.469 e. The number of methoxy groups -OCH3 is 1. The molecule has 2 atom stereocenters. The zero-order valence-electron chi connectivity index (χ0n) is 8.06. The molecule has 0 bridgehead atoms. The van der Waals surface area contributed by atoms with E-state index >= 15 is 0 Å². The van der Waals surface area contributed by atoms with Crippen molar-refractivity contribution in [2.45, 2.75) is 25.7 Å². The van der Waals surface area contributed by atoms with Crippen LogP contribution in [0.4, 0.5) is 0 Å². The fraction of sp³-hybridized carbons (Fsp3) is 0.778. The lowest BCUT2D eigenvalue weighted by atomic mass is 9.79. The van der Waals surface area contributed by atoms with E-state index in [0.29, 0.717) is 12.8 Å². The van der Waals surface area contributed by atoms with Gasteiger partial charge in [-0.2, -0.15) is 0 Å². The van der Waals surface area contributed by atoms with Crippen LogP contribution in [-0.4, -0.2) is 19.0 Å². The van der Waals surface area contributed by atoms with Crippen LogP contribution in [0.3, 0.4) is 0 Å². The van der Waals surface area contributed by atoms with Crippen LogP contribution in [0.5, 0.6) is 0 Å². The molecule has 0 aromatic rings. The number of carbonyl (C=O) groups excluding carboxylic acids is 2. The van der Waals surface area contributed by atoms with Crippen molar-refractivity contribution in [3.8, 4) is 0 Å². The summed E-state index contributed by atoms with van der Waals surface area (Å²) in [5.74, 6) is -1.49. The maximum Gasteiger partial charge on any atom is 0.321 e. The second-order valence-corrected chi connectivity index (χ2v) is 3.61. The molecule has 1 aliphatic carbocycles. The molecule has 5 heteroatoms. The van der Waals surface area contributed by atoms with Gasteiger partial charge < -0.3 is 8.92 Å². The summed E-state index contributed by atoms with van der Waals surface area (Å²) in [6.07, 6.45) is 3.27. The maximum atomic E-state index is 11.3. The molecule has 1 fully saturated rings. The van der Waals surface area contributed by atoms with Crippen molar-refractivity contribution >= 4 is 24.8 Å². The molecular formula is C9H14O4S. The molecule has 4 nitrogen and oxygen atoms in total. The molecule has 14 heavy (non-hydrogen) atoms. The minimum absolute atomic E-state index is 0.326. The van der Waals surface area contributed by atoms with Crippen molar-refractivity contribution in [2.75, 3.05) is 7.11 Å². The van der Waals surface area contributed by atoms with E-state index in [1.54, 1.807) is 0 Å². The summed E-state index contributed by atoms with van der Waals surface area (Å²) in [7, 11) is 1.33. The van der Waals surface area contributed by atoms with Crippen molar-refractivity contribution in [2.24, 2.45) is 11.8 Å². The monoisotopic (exact) mass is 218 g/mol. The van der Waals surface area contributed by atoms with Crippen LogP contribution in [0.15, 0.2) is 0 Å². The second-order valence-electron chi connectivity index (χ2n) is 3.43. The predicted octanol–water partition coefficient (Wildman–Crippen LogP) is 1.35. The molecule has 1 aliphatic rings. The standard InChI is InChI=1S/C9H14O4S/c1-12-8(10)6-4-2-3-5-7(6)9(11)13-14/h6-7,14H,2-5H2,1H3. The van der Waals surface area contributed by atoms with Crippen LogP contribution in [-0.2, 0) is 18.5 Å². The minimum Gasteiger partial charge on any atom is -0.469 e. The SMILES string of the molecule is COC(=O)C1CCCCC1C(=O)OS. The van der Waals surface area contributed by atoms with Gasteiger partial charge in [0, 0.05) is 12.9 Å². The van der Waals surface area contributed by atoms with E-state index in [1.165, 1.54) is 7.11 Å². The molecule has 0 saturated heterocycles. The molecule has 2 unspecified atom stereocenters. The van der Waals surface area contributed by atoms with Gasteiger partial charge in [0.1, 0.15) is 0 Å². The van der Waals surface area contributed by atoms with E-state index in [2.05, 4.69) is 21.8 Å². The van der Waals surface area contributed by atoms with Crippen molar-refractivity contribution in [3.05, 3.63) is 0 Å². The Balaban J connectivity index is 2.68. The average molecular weight is 218 g/mol. The summed E-state index contributed by atoms with van der Waals surface area (Å²) in [5, 5.41) is 0. The average Bonchev–Trinajstić information content (AvgIpc) is 2.27. The van der Waals surface area contributed by atoms with Gasteiger partial charge in [-0.1, -0.05) is 12.8 Å². The van der Waals surface area contributed by atoms with Gasteiger partial charge in [0.15, 0.2) is 0 Å². The Morgan fingerprint density at radius 2 is 1.64 bits per heavy atom. The number of carbonyl (C=O) groups is 2. The van der Waals surface area contributed by atoms with Crippen LogP contribution < -0.4 is 0 Å². The third kappa shape index (κ3) is 2.41. The topological polar surface area (TPSA) is 52.6 Å². The van der Waals surface area contributed by atoms with Gasteiger partial charge >= 0.3 is 11.9 Å². The summed E-state index contributed by atoms with van der Waals surface area (Å²) in [5.41, 5.74) is 0. The molecule has 0 aromatic heterocycles. The third-order valence-corrected chi connectivity index (χ3v) is 2.84. The Morgan fingerprint density at radius 1 is 1.14 bits per heavy atom. The van der Waals surface area contributed by atoms with E-state index in [-0.39, 0.29) is 17.8 Å². The van der Waals surface area contributed by atoms with Crippen molar-refractivity contribution in [1.29, 1.82) is 0 Å². The van der Waals surface area contributed by atoms with Crippen molar-refractivity contribution in [1.82, 2.24) is 0 Å². The van der Waals surface area contributed by atoms with Crippen LogP contribution in [0.1, 0.15) is 25.7 Å². The van der Waals surface area contributed by atoms with Crippen LogP contribution in [0.25, 0.3) is 0 Å². The van der Waals surface area contributed by atoms with E-state index in [9.17, 15) is 9.59 Å². The summed E-state index contributed by atoms with van der Waals surface area (Å²) in [4.78, 5) is 22.6. The molecule has 1 rings (SSSR count). The fourth-order valence-corrected chi connectivity index (χ4v) is 2.05. The lowest BCUT2D eigenvalue weighted by Gasteiger charge is -2.26. The Morgan fingerprint density at radius 3 is 2.07 bits per heavy atom. The summed E-state index contributed by atoms with van der Waals surface area (Å²) in [6, 6.07) is 0. The lowest BCUT2D eigenvalue weighted by molar-refractivity contribution is -0.155. The molecule has 0 heterocycles. The number of thiol groups is 1. The first-order valence-electron chi connectivity index (χ1n) is 4.63. The number of hydrogen-bond acceptors (Lipinski definition) is 5. The molecule has 0 aliphatic heterocycles. The van der Waals surface area contributed by atoms with E-state index in [1.807, 2.05) is 0 Å². The highest BCUT2D eigenvalue weighted by Crippen LogP contribution is 2.31. The van der Waals surface area contributed by atoms with Crippen LogP contribution in [0, 0.1) is 11.8 Å². The minimum atomic E-state index is -0.427. The highest BCUT2D eigenvalue weighted by atomic mass is 32.1. The number of ether oxygens (including phenoxy) is 1. The summed E-state index contributed by atoms with van der Waals surface area (Å²) >= 11 is 3.46. The fourth-order valence-electron chi connectivity index (χ4n) is 1.91. The Bertz CT molecular complexity index is 205. The molecule has 0 aromatic carbocycles. The highest BCUT2D eigenvalue weighted by Gasteiger charge is 2.37. The van der Waals surface area contributed by atoms with Crippen LogP contribution >= 0.6 is 12.9 Å². The zero-order valence-corrected chi connectivity index (χ0v) is 8.96. The Labute approximate surface area is 88.6 Å². The van der Waals surface area contributed by atoms with Gasteiger partial charge in [-0.05, 0) is 12.8 Å². The van der Waals surface area contributed by atoms with Crippen LogP contribution in [0.2, 0.25) is 0 Å². The Kier molecular flexibility index (Phi) is 4.25. The molecule has 80 valence electrons. The highest BCUT2D eigenvalue weighted by molar-refractivity contribution is 7.75. The summed E-state index contributed by atoms with van der Waals surface area (Å²) < 4.78 is 9.01. The first-order chi connectivity index (χ1) is 6.70.